The predicted octanol–water partition coefficient (Wildman–Crippen LogP) is -0.181. The third-order valence-corrected chi connectivity index (χ3v) is 5.26. The molecule has 124 valence electrons. The number of thioether (sulfide) groups is 1. The third kappa shape index (κ3) is 2.82. The molecule has 0 spiro atoms. The van der Waals surface area contributed by atoms with E-state index in [4.69, 9.17) is 0 Å². The molecule has 6 nitrogen and oxygen atoms in total. The number of carboxylic acid groups (broad SMARTS) is 1. The largest absolute Gasteiger partial charge is 0.543 e. The average Bonchev–Trinajstić information content (AvgIpc) is 2.58. The van der Waals surface area contributed by atoms with E-state index in [2.05, 4.69) is 11.9 Å². The Kier molecular flexibility index (Phi) is 4.44. The van der Waals surface area contributed by atoms with Crippen LogP contribution in [0.15, 0.2) is 54.3 Å². The smallest absolute Gasteiger partial charge is 0.253 e. The fraction of sp³-hybridized carbons (Fsp3) is 0.235. The maximum Gasteiger partial charge on any atom is 0.253 e. The van der Waals surface area contributed by atoms with Gasteiger partial charge in [-0.15, -0.1) is 11.8 Å². The fourth-order valence-corrected chi connectivity index (χ4v) is 4.13. The number of nitrogens with zero attached hydrogens (tertiary/aromatic N) is 1. The second kappa shape index (κ2) is 6.52. The van der Waals surface area contributed by atoms with Crippen LogP contribution >= 0.6 is 11.8 Å². The maximum absolute atomic E-state index is 12.3. The highest BCUT2D eigenvalue weighted by molar-refractivity contribution is 8.00. The van der Waals surface area contributed by atoms with Crippen molar-refractivity contribution < 1.29 is 19.5 Å². The standard InChI is InChI=1S/C17H16N2O4S/c1-2-11-9-24-16-13(15(21)19(16)14(11)17(22)23)18-12(20)8-10-6-4-3-5-7-10/h2-7,13,16H,1,8-9H2,(H,18,20)(H,22,23)/p-1/t13-,16+/m0/s1. The summed E-state index contributed by atoms with van der Waals surface area (Å²) in [7, 11) is 0. The molecule has 2 amide bonds. The normalized spacial score (nSPS) is 22.5. The molecule has 0 saturated carbocycles. The molecule has 1 aromatic carbocycles. The summed E-state index contributed by atoms with van der Waals surface area (Å²) in [6.07, 6.45) is 1.59. The molecule has 1 N–H and O–H groups in total. The third-order valence-electron chi connectivity index (χ3n) is 3.96. The Morgan fingerprint density at radius 1 is 1.38 bits per heavy atom. The van der Waals surface area contributed by atoms with E-state index >= 15 is 0 Å². The van der Waals surface area contributed by atoms with Gasteiger partial charge in [0.2, 0.25) is 5.91 Å². The van der Waals surface area contributed by atoms with Crippen molar-refractivity contribution in [2.75, 3.05) is 5.75 Å². The van der Waals surface area contributed by atoms with Crippen LogP contribution in [0.4, 0.5) is 0 Å². The molecular formula is C17H15N2O4S-. The molecule has 0 aliphatic carbocycles. The number of allylic oxidation sites excluding steroid dienone is 1. The molecule has 1 fully saturated rings. The van der Waals surface area contributed by atoms with Crippen molar-refractivity contribution in [1.29, 1.82) is 0 Å². The van der Waals surface area contributed by atoms with Gasteiger partial charge in [0.05, 0.1) is 18.1 Å². The molecule has 3 rings (SSSR count). The topological polar surface area (TPSA) is 89.5 Å². The lowest BCUT2D eigenvalue weighted by atomic mass is 10.0. The van der Waals surface area contributed by atoms with Gasteiger partial charge in [-0.2, -0.15) is 0 Å². The quantitative estimate of drug-likeness (QED) is 0.749. The molecule has 0 unspecified atom stereocenters. The minimum atomic E-state index is -1.40. The summed E-state index contributed by atoms with van der Waals surface area (Å²) in [5.41, 5.74) is 1.16. The molecule has 7 heteroatoms. The molecule has 2 aliphatic rings. The van der Waals surface area contributed by atoms with E-state index in [1.807, 2.05) is 30.3 Å². The monoisotopic (exact) mass is 343 g/mol. The van der Waals surface area contributed by atoms with Gasteiger partial charge in [0.15, 0.2) is 0 Å². The minimum absolute atomic E-state index is 0.146. The van der Waals surface area contributed by atoms with Gasteiger partial charge in [0, 0.05) is 5.75 Å². The molecular weight excluding hydrogens is 328 g/mol. The van der Waals surface area contributed by atoms with Gasteiger partial charge in [0.25, 0.3) is 5.91 Å². The van der Waals surface area contributed by atoms with E-state index in [9.17, 15) is 19.5 Å². The first-order valence-corrected chi connectivity index (χ1v) is 8.42. The Balaban J connectivity index is 1.70. The van der Waals surface area contributed by atoms with Crippen LogP contribution in [0.1, 0.15) is 5.56 Å². The number of β-lactam (4-membered cyclic amide) rings is 1. The van der Waals surface area contributed by atoms with Crippen LogP contribution in [0.2, 0.25) is 0 Å². The van der Waals surface area contributed by atoms with Crippen LogP contribution in [0.3, 0.4) is 0 Å². The fourth-order valence-electron chi connectivity index (χ4n) is 2.79. The number of fused-ring (bicyclic) bond motifs is 1. The van der Waals surface area contributed by atoms with Crippen LogP contribution in [-0.2, 0) is 20.8 Å². The summed E-state index contributed by atoms with van der Waals surface area (Å²) in [5, 5.41) is 13.6. The molecule has 0 radical (unpaired) electrons. The lowest BCUT2D eigenvalue weighted by molar-refractivity contribution is -0.301. The first-order valence-electron chi connectivity index (χ1n) is 7.38. The van der Waals surface area contributed by atoms with Gasteiger partial charge in [-0.05, 0) is 11.1 Å². The number of rotatable bonds is 5. The predicted molar refractivity (Wildman–Crippen MR) is 87.4 cm³/mol. The SMILES string of the molecule is C=CC1=C(C(=O)[O-])N2C(=O)[C@H](NC(=O)Cc3ccccc3)[C@H]2SC1. The molecule has 0 aromatic heterocycles. The molecule has 24 heavy (non-hydrogen) atoms. The van der Waals surface area contributed by atoms with Gasteiger partial charge in [-0.1, -0.05) is 43.0 Å². The zero-order chi connectivity index (χ0) is 17.3. The lowest BCUT2D eigenvalue weighted by Crippen LogP contribution is -2.71. The van der Waals surface area contributed by atoms with Crippen molar-refractivity contribution in [3.05, 3.63) is 59.8 Å². The first kappa shape index (κ1) is 16.3. The van der Waals surface area contributed by atoms with Gasteiger partial charge in [-0.3, -0.25) is 14.5 Å². The molecule has 2 heterocycles. The Morgan fingerprint density at radius 2 is 2.08 bits per heavy atom. The molecule has 1 aromatic rings. The summed E-state index contributed by atoms with van der Waals surface area (Å²) in [4.78, 5) is 36.9. The van der Waals surface area contributed by atoms with Crippen molar-refractivity contribution in [2.24, 2.45) is 0 Å². The van der Waals surface area contributed by atoms with Crippen LogP contribution < -0.4 is 10.4 Å². The van der Waals surface area contributed by atoms with Crippen molar-refractivity contribution in [1.82, 2.24) is 10.2 Å². The van der Waals surface area contributed by atoms with E-state index in [1.165, 1.54) is 22.7 Å². The van der Waals surface area contributed by atoms with Crippen LogP contribution in [0.5, 0.6) is 0 Å². The zero-order valence-electron chi connectivity index (χ0n) is 12.7. The van der Waals surface area contributed by atoms with E-state index in [-0.39, 0.29) is 18.0 Å². The summed E-state index contributed by atoms with van der Waals surface area (Å²) < 4.78 is 0. The van der Waals surface area contributed by atoms with Gasteiger partial charge in [-0.25, -0.2) is 0 Å². The summed E-state index contributed by atoms with van der Waals surface area (Å²) >= 11 is 1.40. The van der Waals surface area contributed by atoms with Crippen molar-refractivity contribution in [3.8, 4) is 0 Å². The number of hydrogen-bond donors (Lipinski definition) is 1. The van der Waals surface area contributed by atoms with Gasteiger partial charge >= 0.3 is 0 Å². The molecule has 0 bridgehead atoms. The van der Waals surface area contributed by atoms with Crippen molar-refractivity contribution in [2.45, 2.75) is 17.8 Å². The Labute approximate surface area is 143 Å². The Bertz CT molecular complexity index is 744. The molecule has 2 atom stereocenters. The van der Waals surface area contributed by atoms with E-state index < -0.39 is 23.3 Å². The number of carbonyl (C=O) groups is 3. The lowest BCUT2D eigenvalue weighted by Gasteiger charge is -2.50. The molecule has 2 aliphatic heterocycles. The highest BCUT2D eigenvalue weighted by Gasteiger charge is 2.52. The second-order valence-electron chi connectivity index (χ2n) is 5.48. The van der Waals surface area contributed by atoms with E-state index in [0.717, 1.165) is 5.56 Å². The van der Waals surface area contributed by atoms with Gasteiger partial charge in [0.1, 0.15) is 11.4 Å². The number of carbonyl (C=O) groups excluding carboxylic acids is 3. The minimum Gasteiger partial charge on any atom is -0.543 e. The van der Waals surface area contributed by atoms with E-state index in [0.29, 0.717) is 11.3 Å². The zero-order valence-corrected chi connectivity index (χ0v) is 13.5. The highest BCUT2D eigenvalue weighted by atomic mass is 32.2. The Morgan fingerprint density at radius 3 is 2.71 bits per heavy atom. The maximum atomic E-state index is 12.3. The van der Waals surface area contributed by atoms with Crippen molar-refractivity contribution in [3.63, 3.8) is 0 Å². The number of benzene rings is 1. The summed E-state index contributed by atoms with van der Waals surface area (Å²) in [6, 6.07) is 8.48. The number of nitrogens with one attached hydrogen (secondary N) is 1. The summed E-state index contributed by atoms with van der Waals surface area (Å²) in [6.45, 7) is 3.57. The van der Waals surface area contributed by atoms with Gasteiger partial charge < -0.3 is 15.2 Å². The van der Waals surface area contributed by atoms with Crippen LogP contribution in [-0.4, -0.2) is 39.9 Å². The van der Waals surface area contributed by atoms with Crippen LogP contribution in [0.25, 0.3) is 0 Å². The number of amides is 2. The summed E-state index contributed by atoms with van der Waals surface area (Å²) in [5.74, 6) is -1.70. The second-order valence-corrected chi connectivity index (χ2v) is 6.59. The Hall–Kier alpha value is -2.54. The van der Waals surface area contributed by atoms with Crippen molar-refractivity contribution >= 4 is 29.5 Å². The average molecular weight is 343 g/mol. The molecule has 1 saturated heterocycles. The first-order chi connectivity index (χ1) is 11.5. The number of hydrogen-bond acceptors (Lipinski definition) is 5. The highest BCUT2D eigenvalue weighted by Crippen LogP contribution is 2.40. The van der Waals surface area contributed by atoms with Crippen LogP contribution in [0, 0.1) is 0 Å². The number of carboxylic acids is 1. The number of aliphatic carboxylic acids is 1. The van der Waals surface area contributed by atoms with E-state index in [1.54, 1.807) is 0 Å².